The second-order valence-corrected chi connectivity index (χ2v) is 7.72. The fraction of sp³-hybridized carbons (Fsp3) is 0.381. The molecule has 4 heteroatoms. The normalized spacial score (nSPS) is 32.0. The number of fused-ring (bicyclic) bond motifs is 7. The maximum Gasteiger partial charge on any atom is 0.335 e. The van der Waals surface area contributed by atoms with Gasteiger partial charge < -0.3 is 10.4 Å². The first-order chi connectivity index (χ1) is 12.1. The van der Waals surface area contributed by atoms with Gasteiger partial charge in [0, 0.05) is 5.69 Å². The molecule has 0 unspecified atom stereocenters. The molecular formula is C21H20FNO2. The van der Waals surface area contributed by atoms with Crippen LogP contribution in [0.5, 0.6) is 0 Å². The summed E-state index contributed by atoms with van der Waals surface area (Å²) >= 11 is 0. The summed E-state index contributed by atoms with van der Waals surface area (Å²) < 4.78 is 13.4. The molecule has 2 bridgehead atoms. The van der Waals surface area contributed by atoms with Crippen LogP contribution in [0.25, 0.3) is 0 Å². The summed E-state index contributed by atoms with van der Waals surface area (Å²) in [4.78, 5) is 11.4. The molecule has 2 N–H and O–H groups in total. The number of hydrogen-bond acceptors (Lipinski definition) is 2. The molecule has 2 saturated carbocycles. The van der Waals surface area contributed by atoms with E-state index in [9.17, 15) is 14.3 Å². The molecule has 0 radical (unpaired) electrons. The summed E-state index contributed by atoms with van der Waals surface area (Å²) in [7, 11) is 0. The summed E-state index contributed by atoms with van der Waals surface area (Å²) in [6.45, 7) is 0. The van der Waals surface area contributed by atoms with Crippen molar-refractivity contribution in [2.24, 2.45) is 17.8 Å². The number of carboxylic acid groups (broad SMARTS) is 1. The van der Waals surface area contributed by atoms with E-state index in [1.165, 1.54) is 31.4 Å². The number of aromatic carboxylic acids is 1. The molecule has 128 valence electrons. The summed E-state index contributed by atoms with van der Waals surface area (Å²) in [6, 6.07) is 12.4. The van der Waals surface area contributed by atoms with E-state index < -0.39 is 5.97 Å². The summed E-state index contributed by atoms with van der Waals surface area (Å²) in [6.07, 6.45) is 3.71. The van der Waals surface area contributed by atoms with Crippen molar-refractivity contribution in [3.63, 3.8) is 0 Å². The molecule has 0 spiro atoms. The van der Waals surface area contributed by atoms with Crippen molar-refractivity contribution in [3.05, 3.63) is 65.0 Å². The topological polar surface area (TPSA) is 49.3 Å². The molecule has 0 saturated heterocycles. The Bertz CT molecular complexity index is 847. The van der Waals surface area contributed by atoms with Gasteiger partial charge in [-0.3, -0.25) is 0 Å². The predicted molar refractivity (Wildman–Crippen MR) is 93.2 cm³/mol. The van der Waals surface area contributed by atoms with Crippen molar-refractivity contribution in [1.29, 1.82) is 0 Å². The van der Waals surface area contributed by atoms with E-state index in [0.29, 0.717) is 29.2 Å². The lowest BCUT2D eigenvalue weighted by atomic mass is 9.68. The average molecular weight is 337 g/mol. The highest BCUT2D eigenvalue weighted by atomic mass is 19.1. The van der Waals surface area contributed by atoms with E-state index in [-0.39, 0.29) is 11.9 Å². The zero-order valence-corrected chi connectivity index (χ0v) is 13.8. The van der Waals surface area contributed by atoms with Crippen LogP contribution >= 0.6 is 0 Å². The van der Waals surface area contributed by atoms with Crippen LogP contribution in [0.1, 0.15) is 52.7 Å². The van der Waals surface area contributed by atoms with Crippen LogP contribution in [0, 0.1) is 23.6 Å². The minimum atomic E-state index is -0.872. The van der Waals surface area contributed by atoms with Gasteiger partial charge in [0.15, 0.2) is 0 Å². The Labute approximate surface area is 145 Å². The SMILES string of the molecule is O=C(O)c1ccc2c(c1)[C@@H]1[C@H]3CC[C@@H](C3)[C@@H]1[C@@H](c1ccc(F)cc1)N2. The minimum Gasteiger partial charge on any atom is -0.478 e. The van der Waals surface area contributed by atoms with Crippen LogP contribution in [-0.4, -0.2) is 11.1 Å². The third-order valence-corrected chi connectivity index (χ3v) is 6.56. The Hall–Kier alpha value is -2.36. The van der Waals surface area contributed by atoms with E-state index in [2.05, 4.69) is 5.32 Å². The monoisotopic (exact) mass is 337 g/mol. The molecule has 5 atom stereocenters. The summed E-state index contributed by atoms with van der Waals surface area (Å²) in [5.74, 6) is 1.09. The lowest BCUT2D eigenvalue weighted by Crippen LogP contribution is -2.35. The number of carboxylic acids is 1. The van der Waals surface area contributed by atoms with Gasteiger partial charge in [0.05, 0.1) is 11.6 Å². The number of hydrogen-bond donors (Lipinski definition) is 2. The second-order valence-electron chi connectivity index (χ2n) is 7.72. The van der Waals surface area contributed by atoms with Crippen LogP contribution in [0.4, 0.5) is 10.1 Å². The molecule has 1 heterocycles. The van der Waals surface area contributed by atoms with Crippen molar-refractivity contribution < 1.29 is 14.3 Å². The molecule has 1 aliphatic heterocycles. The van der Waals surface area contributed by atoms with Gasteiger partial charge in [-0.2, -0.15) is 0 Å². The average Bonchev–Trinajstić information content (AvgIpc) is 3.23. The molecule has 2 aromatic rings. The van der Waals surface area contributed by atoms with Crippen molar-refractivity contribution in [3.8, 4) is 0 Å². The first-order valence-corrected chi connectivity index (χ1v) is 9.01. The van der Waals surface area contributed by atoms with E-state index in [4.69, 9.17) is 0 Å². The maximum atomic E-state index is 13.4. The molecule has 3 nitrogen and oxygen atoms in total. The molecule has 2 aliphatic carbocycles. The highest BCUT2D eigenvalue weighted by molar-refractivity contribution is 5.88. The van der Waals surface area contributed by atoms with E-state index in [1.807, 2.05) is 24.3 Å². The number of nitrogens with one attached hydrogen (secondary N) is 1. The summed E-state index contributed by atoms with van der Waals surface area (Å²) in [5.41, 5.74) is 3.68. The highest BCUT2D eigenvalue weighted by Gasteiger charge is 2.53. The second kappa shape index (κ2) is 5.32. The fourth-order valence-corrected chi connectivity index (χ4v) is 5.62. The van der Waals surface area contributed by atoms with Gasteiger partial charge in [-0.15, -0.1) is 0 Å². The Balaban J connectivity index is 1.62. The minimum absolute atomic E-state index is 0.170. The van der Waals surface area contributed by atoms with Gasteiger partial charge in [0.25, 0.3) is 0 Å². The Morgan fingerprint density at radius 3 is 2.60 bits per heavy atom. The van der Waals surface area contributed by atoms with Gasteiger partial charge in [0.1, 0.15) is 5.82 Å². The number of benzene rings is 2. The Kier molecular flexibility index (Phi) is 3.18. The predicted octanol–water partition coefficient (Wildman–Crippen LogP) is 4.82. The Morgan fingerprint density at radius 1 is 1.08 bits per heavy atom. The van der Waals surface area contributed by atoms with E-state index >= 15 is 0 Å². The third kappa shape index (κ3) is 2.20. The lowest BCUT2D eigenvalue weighted by Gasteiger charge is -2.43. The Morgan fingerprint density at radius 2 is 1.84 bits per heavy atom. The van der Waals surface area contributed by atoms with Crippen molar-refractivity contribution in [1.82, 2.24) is 0 Å². The zero-order valence-electron chi connectivity index (χ0n) is 13.8. The molecular weight excluding hydrogens is 317 g/mol. The quantitative estimate of drug-likeness (QED) is 0.826. The molecule has 2 aromatic carbocycles. The molecule has 5 rings (SSSR count). The van der Waals surface area contributed by atoms with Crippen LogP contribution in [-0.2, 0) is 0 Å². The van der Waals surface area contributed by atoms with Crippen LogP contribution < -0.4 is 5.32 Å². The first-order valence-electron chi connectivity index (χ1n) is 9.01. The highest BCUT2D eigenvalue weighted by Crippen LogP contribution is 2.63. The van der Waals surface area contributed by atoms with Gasteiger partial charge >= 0.3 is 5.97 Å². The van der Waals surface area contributed by atoms with E-state index in [0.717, 1.165) is 16.8 Å². The lowest BCUT2D eigenvalue weighted by molar-refractivity contribution is 0.0696. The summed E-state index contributed by atoms with van der Waals surface area (Å²) in [5, 5.41) is 13.0. The standard InChI is InChI=1S/C21H20FNO2/c22-15-6-3-11(4-7-15)20-19-13-2-1-12(9-13)18(19)16-10-14(21(24)25)5-8-17(16)23-20/h3-8,10,12-13,18-20,23H,1-2,9H2,(H,24,25)/t12-,13-,18-,19-,20+/m0/s1. The van der Waals surface area contributed by atoms with Gasteiger partial charge in [-0.05, 0) is 84.4 Å². The van der Waals surface area contributed by atoms with Crippen molar-refractivity contribution >= 4 is 11.7 Å². The van der Waals surface area contributed by atoms with Crippen LogP contribution in [0.3, 0.4) is 0 Å². The van der Waals surface area contributed by atoms with Gasteiger partial charge in [0.2, 0.25) is 0 Å². The zero-order chi connectivity index (χ0) is 17.1. The van der Waals surface area contributed by atoms with Gasteiger partial charge in [-0.1, -0.05) is 12.1 Å². The van der Waals surface area contributed by atoms with Crippen LogP contribution in [0.15, 0.2) is 42.5 Å². The smallest absolute Gasteiger partial charge is 0.335 e. The number of carbonyl (C=O) groups is 1. The largest absolute Gasteiger partial charge is 0.478 e. The van der Waals surface area contributed by atoms with Gasteiger partial charge in [-0.25, -0.2) is 9.18 Å². The molecule has 0 aromatic heterocycles. The number of halogens is 1. The molecule has 3 aliphatic rings. The van der Waals surface area contributed by atoms with Crippen molar-refractivity contribution in [2.75, 3.05) is 5.32 Å². The molecule has 0 amide bonds. The number of anilines is 1. The van der Waals surface area contributed by atoms with Crippen molar-refractivity contribution in [2.45, 2.75) is 31.2 Å². The third-order valence-electron chi connectivity index (χ3n) is 6.56. The molecule has 25 heavy (non-hydrogen) atoms. The number of rotatable bonds is 2. The van der Waals surface area contributed by atoms with Crippen LogP contribution in [0.2, 0.25) is 0 Å². The first kappa shape index (κ1) is 14.9. The maximum absolute atomic E-state index is 13.4. The fourth-order valence-electron chi connectivity index (χ4n) is 5.62. The van der Waals surface area contributed by atoms with E-state index in [1.54, 1.807) is 6.07 Å². The molecule has 2 fully saturated rings.